The molecule has 106 heavy (non-hydrogen) atoms. The van der Waals surface area contributed by atoms with Gasteiger partial charge in [-0.1, -0.05) is 297 Å². The van der Waals surface area contributed by atoms with E-state index in [1.807, 2.05) is 0 Å². The normalized spacial score (nSPS) is 12.3. The summed E-state index contributed by atoms with van der Waals surface area (Å²) in [4.78, 5) is 0. The summed E-state index contributed by atoms with van der Waals surface area (Å²) in [5, 5.41) is 38.7. The van der Waals surface area contributed by atoms with E-state index < -0.39 is 0 Å². The Kier molecular flexibility index (Phi) is 11.9. The average Bonchev–Trinajstić information content (AvgIpc) is 1.22. The van der Waals surface area contributed by atoms with E-state index >= 15 is 0 Å². The maximum Gasteiger partial charge on any atom is 0.136 e. The van der Waals surface area contributed by atoms with Crippen LogP contribution in [0.25, 0.3) is 250 Å². The predicted molar refractivity (Wildman–Crippen MR) is 453 cm³/mol. The van der Waals surface area contributed by atoms with Crippen molar-refractivity contribution in [2.45, 2.75) is 0 Å². The number of hydrogen-bond acceptors (Lipinski definition) is 2. The maximum atomic E-state index is 7.14. The van der Waals surface area contributed by atoms with Gasteiger partial charge in [0.2, 0.25) is 0 Å². The van der Waals surface area contributed by atoms with Crippen molar-refractivity contribution in [3.05, 3.63) is 352 Å². The minimum atomic E-state index is 0.877. The van der Waals surface area contributed by atoms with Crippen LogP contribution in [0.3, 0.4) is 0 Å². The fourth-order valence-electron chi connectivity index (χ4n) is 19.2. The number of furan rings is 2. The van der Waals surface area contributed by atoms with E-state index in [1.165, 1.54) is 206 Å². The van der Waals surface area contributed by atoms with Gasteiger partial charge in [0.15, 0.2) is 0 Å². The molecule has 2 heteroatoms. The van der Waals surface area contributed by atoms with Gasteiger partial charge in [-0.05, 0) is 261 Å². The molecule has 2 aromatic heterocycles. The lowest BCUT2D eigenvalue weighted by molar-refractivity contribution is 0.669. The van der Waals surface area contributed by atoms with Crippen LogP contribution in [0.15, 0.2) is 361 Å². The Balaban J connectivity index is 0.633. The Bertz CT molecular complexity index is 7970. The van der Waals surface area contributed by atoms with E-state index in [0.29, 0.717) is 0 Å². The van der Waals surface area contributed by atoms with Gasteiger partial charge in [0.1, 0.15) is 22.3 Å². The summed E-state index contributed by atoms with van der Waals surface area (Å²) < 4.78 is 14.0. The van der Waals surface area contributed by atoms with E-state index in [1.54, 1.807) is 0 Å². The van der Waals surface area contributed by atoms with Gasteiger partial charge in [-0.2, -0.15) is 0 Å². The molecule has 0 saturated carbocycles. The van der Waals surface area contributed by atoms with Gasteiger partial charge in [0.25, 0.3) is 0 Å². The Hall–Kier alpha value is -13.9. The molecule has 0 atom stereocenters. The molecular formula is C104H58O2. The molecule has 0 aliphatic heterocycles. The van der Waals surface area contributed by atoms with E-state index in [-0.39, 0.29) is 0 Å². The van der Waals surface area contributed by atoms with E-state index in [9.17, 15) is 0 Å². The predicted octanol–water partition coefficient (Wildman–Crippen LogP) is 30.0. The zero-order valence-electron chi connectivity index (χ0n) is 57.3. The first kappa shape index (κ1) is 57.7. The zero-order valence-corrected chi connectivity index (χ0v) is 57.3. The quantitative estimate of drug-likeness (QED) is 0.127. The molecule has 22 aromatic carbocycles. The Morgan fingerprint density at radius 2 is 0.462 bits per heavy atom. The number of rotatable bonds is 5. The first-order chi connectivity index (χ1) is 52.6. The molecule has 24 rings (SSSR count). The molecule has 0 radical (unpaired) electrons. The van der Waals surface area contributed by atoms with Crippen LogP contribution < -0.4 is 0 Å². The first-order valence-corrected chi connectivity index (χ1v) is 36.8. The maximum absolute atomic E-state index is 7.14. The molecule has 0 amide bonds. The molecular weight excluding hydrogens is 1280 g/mol. The summed E-state index contributed by atoms with van der Waals surface area (Å²) in [5.74, 6) is 0. The second kappa shape index (κ2) is 21.8. The highest BCUT2D eigenvalue weighted by Crippen LogP contribution is 2.54. The average molecular weight is 1340 g/mol. The summed E-state index contributed by atoms with van der Waals surface area (Å²) in [6.07, 6.45) is 0. The Labute approximate surface area is 607 Å². The summed E-state index contributed by atoms with van der Waals surface area (Å²) in [6.45, 7) is 0. The third kappa shape index (κ3) is 8.10. The third-order valence-corrected chi connectivity index (χ3v) is 23.7. The Morgan fingerprint density at radius 1 is 0.132 bits per heavy atom. The summed E-state index contributed by atoms with van der Waals surface area (Å²) in [5.41, 5.74) is 15.6. The van der Waals surface area contributed by atoms with Crippen LogP contribution >= 0.6 is 0 Å². The minimum absolute atomic E-state index is 0.877. The van der Waals surface area contributed by atoms with Crippen LogP contribution in [-0.2, 0) is 0 Å². The van der Waals surface area contributed by atoms with Crippen LogP contribution in [0.1, 0.15) is 0 Å². The van der Waals surface area contributed by atoms with Crippen molar-refractivity contribution >= 4 is 195 Å². The third-order valence-electron chi connectivity index (χ3n) is 23.7. The SMILES string of the molecule is c1ccc2c(-c3c4ccccc4c(-c4cc5oc6ccc7cc(-c8ccc9cc%10ccc%11c(-c%12c%13ccccc%13c(-c%13cc%14oc%15ccc%16ccccc%16c%15c%14c%14ccccc%13%14)c%13ccccc%12%13)cccc%11c%10cc9c8)ccc7c6c5c5ccccc45)c4ccccc34)c3ccc4ccccc4c3cc2c1. The topological polar surface area (TPSA) is 26.3 Å². The summed E-state index contributed by atoms with van der Waals surface area (Å²) in [6, 6.07) is 131. The van der Waals surface area contributed by atoms with Gasteiger partial charge in [-0.3, -0.25) is 0 Å². The van der Waals surface area contributed by atoms with Crippen LogP contribution in [0, 0.1) is 0 Å². The van der Waals surface area contributed by atoms with E-state index in [2.05, 4.69) is 352 Å². The highest BCUT2D eigenvalue weighted by atomic mass is 16.3. The first-order valence-electron chi connectivity index (χ1n) is 36.8. The molecule has 0 fully saturated rings. The fourth-order valence-corrected chi connectivity index (χ4v) is 19.2. The number of benzene rings is 22. The van der Waals surface area contributed by atoms with Crippen LogP contribution in [0.4, 0.5) is 0 Å². The van der Waals surface area contributed by atoms with Gasteiger partial charge < -0.3 is 8.83 Å². The van der Waals surface area contributed by atoms with Crippen LogP contribution in [0.5, 0.6) is 0 Å². The highest BCUT2D eigenvalue weighted by Gasteiger charge is 2.27. The molecule has 0 saturated heterocycles. The van der Waals surface area contributed by atoms with Crippen molar-refractivity contribution in [2.24, 2.45) is 0 Å². The molecule has 0 bridgehead atoms. The van der Waals surface area contributed by atoms with E-state index in [0.717, 1.165) is 44.1 Å². The molecule has 0 aliphatic carbocycles. The second-order valence-corrected chi connectivity index (χ2v) is 29.1. The molecule has 486 valence electrons. The van der Waals surface area contributed by atoms with Gasteiger partial charge in [-0.15, -0.1) is 0 Å². The number of hydrogen-bond donors (Lipinski definition) is 0. The van der Waals surface area contributed by atoms with Gasteiger partial charge in [-0.25, -0.2) is 0 Å². The number of fused-ring (bicyclic) bond motifs is 26. The van der Waals surface area contributed by atoms with Crippen LogP contribution in [-0.4, -0.2) is 0 Å². The van der Waals surface area contributed by atoms with Crippen molar-refractivity contribution in [2.75, 3.05) is 0 Å². The lowest BCUT2D eigenvalue weighted by atomic mass is 9.81. The van der Waals surface area contributed by atoms with Crippen molar-refractivity contribution in [3.63, 3.8) is 0 Å². The van der Waals surface area contributed by atoms with E-state index in [4.69, 9.17) is 8.83 Å². The summed E-state index contributed by atoms with van der Waals surface area (Å²) in [7, 11) is 0. The molecule has 2 heterocycles. The fraction of sp³-hybridized carbons (Fsp3) is 0. The molecule has 0 unspecified atom stereocenters. The van der Waals surface area contributed by atoms with Crippen molar-refractivity contribution in [1.82, 2.24) is 0 Å². The monoisotopic (exact) mass is 1340 g/mol. The standard InChI is InChI=1S/C104H58O2/c1-4-23-68-59(20-1)42-49-87-89(68)55-64-22-3-6-25-70(64)99(87)100-85-36-17-15-34-83(85)98(84-35-16-18-37-86(84)100)91-58-95-104(78-29-10-8-27-74(78)91)102-71-47-43-62(52-65(71)46-51-93(102)106-95)61-40-41-63-53-66-44-48-75-72(88(66)56-67(63)54-61)38-19-39-76(75)96-79-30-11-13-32-81(79)97(82-33-14-12-31-80(82)96)90-57-94-103(77-28-9-7-26-73(77)90)101-69-24-5-2-21-60(69)45-50-92(101)105-94/h1-58H. The minimum Gasteiger partial charge on any atom is -0.456 e. The lowest BCUT2D eigenvalue weighted by Gasteiger charge is -2.21. The second-order valence-electron chi connectivity index (χ2n) is 29.1. The van der Waals surface area contributed by atoms with Gasteiger partial charge >= 0.3 is 0 Å². The molecule has 24 aromatic rings. The van der Waals surface area contributed by atoms with Crippen LogP contribution in [0.2, 0.25) is 0 Å². The smallest absolute Gasteiger partial charge is 0.136 e. The summed E-state index contributed by atoms with van der Waals surface area (Å²) >= 11 is 0. The largest absolute Gasteiger partial charge is 0.456 e. The molecule has 0 N–H and O–H groups in total. The van der Waals surface area contributed by atoms with Gasteiger partial charge in [0, 0.05) is 21.5 Å². The highest BCUT2D eigenvalue weighted by molar-refractivity contribution is 6.36. The van der Waals surface area contributed by atoms with Gasteiger partial charge in [0.05, 0.1) is 0 Å². The van der Waals surface area contributed by atoms with Crippen molar-refractivity contribution in [3.8, 4) is 55.6 Å². The van der Waals surface area contributed by atoms with Crippen molar-refractivity contribution in [1.29, 1.82) is 0 Å². The molecule has 0 spiro atoms. The zero-order chi connectivity index (χ0) is 69.0. The van der Waals surface area contributed by atoms with Crippen molar-refractivity contribution < 1.29 is 8.83 Å². The Morgan fingerprint density at radius 3 is 1.05 bits per heavy atom. The molecule has 0 aliphatic rings. The lowest BCUT2D eigenvalue weighted by Crippen LogP contribution is -1.94. The molecule has 2 nitrogen and oxygen atoms in total.